The quantitative estimate of drug-likeness (QED) is 0.845. The predicted octanol–water partition coefficient (Wildman–Crippen LogP) is 4.42. The second-order valence-corrected chi connectivity index (χ2v) is 4.96. The van der Waals surface area contributed by atoms with Gasteiger partial charge >= 0.3 is 5.97 Å². The molecule has 1 N–H and O–H groups in total. The summed E-state index contributed by atoms with van der Waals surface area (Å²) in [6.45, 7) is 0. The number of nitrogens with zero attached hydrogens (tertiary/aromatic N) is 1. The largest absolute Gasteiger partial charge is 0.494 e. The second-order valence-electron chi connectivity index (χ2n) is 3.77. The Balaban J connectivity index is 2.77. The molecule has 1 aromatic heterocycles. The molecule has 0 spiro atoms. The van der Waals surface area contributed by atoms with Crippen molar-refractivity contribution in [1.29, 1.82) is 0 Å². The normalized spacial score (nSPS) is 10.4. The van der Waals surface area contributed by atoms with Crippen LogP contribution < -0.4 is 4.74 Å². The zero-order valence-corrected chi connectivity index (χ0v) is 12.4. The second kappa shape index (κ2) is 5.87. The smallest absolute Gasteiger partial charge is 0.354 e. The van der Waals surface area contributed by atoms with Crippen molar-refractivity contribution in [3.05, 3.63) is 45.0 Å². The van der Waals surface area contributed by atoms with Crippen molar-refractivity contribution in [2.45, 2.75) is 0 Å². The maximum atomic E-state index is 11.0. The third kappa shape index (κ3) is 2.68. The minimum Gasteiger partial charge on any atom is -0.494 e. The van der Waals surface area contributed by atoms with E-state index in [0.29, 0.717) is 16.3 Å². The Kier molecular flexibility index (Phi) is 4.38. The van der Waals surface area contributed by atoms with Crippen molar-refractivity contribution >= 4 is 40.8 Å². The fourth-order valence-electron chi connectivity index (χ4n) is 1.65. The third-order valence-corrected chi connectivity index (χ3v) is 3.70. The first-order valence-electron chi connectivity index (χ1n) is 5.38. The lowest BCUT2D eigenvalue weighted by molar-refractivity contribution is 0.0690. The molecule has 1 heterocycles. The van der Waals surface area contributed by atoms with Crippen LogP contribution >= 0.6 is 34.8 Å². The molecule has 0 aliphatic rings. The Morgan fingerprint density at radius 2 is 1.80 bits per heavy atom. The number of aromatic carboxylic acids is 1. The lowest BCUT2D eigenvalue weighted by Gasteiger charge is -2.12. The standard InChI is InChI=1S/C13H8Cl3NO3/c1-20-9-5-4-8(13(18)19)17-12(9)10-6(14)2-3-7(15)11(10)16/h2-5H,1H3,(H,18,19). The molecule has 0 aliphatic heterocycles. The number of ether oxygens (including phenoxy) is 1. The van der Waals surface area contributed by atoms with E-state index in [1.165, 1.54) is 19.2 Å². The number of pyridine rings is 1. The van der Waals surface area contributed by atoms with Gasteiger partial charge in [0.05, 0.1) is 22.2 Å². The molecule has 7 heteroatoms. The van der Waals surface area contributed by atoms with E-state index in [-0.39, 0.29) is 21.4 Å². The van der Waals surface area contributed by atoms with Gasteiger partial charge in [-0.3, -0.25) is 0 Å². The van der Waals surface area contributed by atoms with Gasteiger partial charge in [0.2, 0.25) is 0 Å². The predicted molar refractivity (Wildman–Crippen MR) is 78.2 cm³/mol. The van der Waals surface area contributed by atoms with Gasteiger partial charge in [0.25, 0.3) is 0 Å². The topological polar surface area (TPSA) is 59.4 Å². The highest BCUT2D eigenvalue weighted by molar-refractivity contribution is 6.46. The fraction of sp³-hybridized carbons (Fsp3) is 0.0769. The van der Waals surface area contributed by atoms with Crippen LogP contribution in [0.15, 0.2) is 24.3 Å². The zero-order valence-electron chi connectivity index (χ0n) is 10.2. The van der Waals surface area contributed by atoms with E-state index < -0.39 is 5.97 Å². The van der Waals surface area contributed by atoms with Crippen LogP contribution in [-0.2, 0) is 0 Å². The summed E-state index contributed by atoms with van der Waals surface area (Å²) in [5, 5.41) is 9.79. The van der Waals surface area contributed by atoms with Crippen LogP contribution in [0.5, 0.6) is 5.75 Å². The molecule has 0 amide bonds. The number of aromatic nitrogens is 1. The van der Waals surface area contributed by atoms with E-state index in [1.54, 1.807) is 12.1 Å². The molecule has 0 saturated heterocycles. The number of hydrogen-bond acceptors (Lipinski definition) is 3. The van der Waals surface area contributed by atoms with Crippen LogP contribution in [0.2, 0.25) is 15.1 Å². The monoisotopic (exact) mass is 331 g/mol. The Morgan fingerprint density at radius 3 is 2.40 bits per heavy atom. The lowest BCUT2D eigenvalue weighted by Crippen LogP contribution is -2.03. The summed E-state index contributed by atoms with van der Waals surface area (Å²) < 4.78 is 5.17. The summed E-state index contributed by atoms with van der Waals surface area (Å²) in [5.74, 6) is -0.816. The van der Waals surface area contributed by atoms with Crippen LogP contribution in [0.3, 0.4) is 0 Å². The van der Waals surface area contributed by atoms with Gasteiger partial charge in [0.1, 0.15) is 17.1 Å². The van der Waals surface area contributed by atoms with E-state index in [9.17, 15) is 4.79 Å². The molecule has 20 heavy (non-hydrogen) atoms. The number of hydrogen-bond donors (Lipinski definition) is 1. The van der Waals surface area contributed by atoms with Gasteiger partial charge < -0.3 is 9.84 Å². The molecular weight excluding hydrogens is 325 g/mol. The number of methoxy groups -OCH3 is 1. The average molecular weight is 333 g/mol. The van der Waals surface area contributed by atoms with Gasteiger partial charge in [-0.25, -0.2) is 9.78 Å². The number of halogens is 3. The molecule has 104 valence electrons. The van der Waals surface area contributed by atoms with Gasteiger partial charge in [0, 0.05) is 5.56 Å². The van der Waals surface area contributed by atoms with Crippen LogP contribution in [-0.4, -0.2) is 23.2 Å². The van der Waals surface area contributed by atoms with E-state index in [0.717, 1.165) is 0 Å². The molecule has 2 rings (SSSR count). The van der Waals surface area contributed by atoms with Crippen LogP contribution in [0.25, 0.3) is 11.3 Å². The average Bonchev–Trinajstić information content (AvgIpc) is 2.43. The molecule has 0 unspecified atom stereocenters. The minimum absolute atomic E-state index is 0.145. The summed E-state index contributed by atoms with van der Waals surface area (Å²) in [4.78, 5) is 15.0. The van der Waals surface area contributed by atoms with Crippen molar-refractivity contribution in [1.82, 2.24) is 4.98 Å². The maximum absolute atomic E-state index is 11.0. The molecule has 0 saturated carbocycles. The van der Waals surface area contributed by atoms with Gasteiger partial charge in [-0.2, -0.15) is 0 Å². The zero-order chi connectivity index (χ0) is 14.9. The molecule has 2 aromatic rings. The summed E-state index contributed by atoms with van der Waals surface area (Å²) >= 11 is 18.2. The third-order valence-electron chi connectivity index (χ3n) is 2.58. The maximum Gasteiger partial charge on any atom is 0.354 e. The summed E-state index contributed by atoms with van der Waals surface area (Å²) in [6, 6.07) is 5.92. The Labute approximate surface area is 129 Å². The highest BCUT2D eigenvalue weighted by atomic mass is 35.5. The molecular formula is C13H8Cl3NO3. The lowest BCUT2D eigenvalue weighted by atomic mass is 10.1. The Morgan fingerprint density at radius 1 is 1.15 bits per heavy atom. The van der Waals surface area contributed by atoms with Crippen molar-refractivity contribution in [3.8, 4) is 17.0 Å². The Bertz CT molecular complexity index is 689. The van der Waals surface area contributed by atoms with E-state index >= 15 is 0 Å². The number of benzene rings is 1. The first kappa shape index (κ1) is 14.9. The molecule has 4 nitrogen and oxygen atoms in total. The van der Waals surface area contributed by atoms with Crippen LogP contribution in [0.1, 0.15) is 10.5 Å². The van der Waals surface area contributed by atoms with Crippen molar-refractivity contribution in [2.75, 3.05) is 7.11 Å². The highest BCUT2D eigenvalue weighted by Crippen LogP contribution is 2.41. The number of carbonyl (C=O) groups is 1. The number of carboxylic acid groups (broad SMARTS) is 1. The van der Waals surface area contributed by atoms with E-state index in [1.807, 2.05) is 0 Å². The van der Waals surface area contributed by atoms with Crippen molar-refractivity contribution in [2.24, 2.45) is 0 Å². The van der Waals surface area contributed by atoms with Gasteiger partial charge in [0.15, 0.2) is 0 Å². The molecule has 0 atom stereocenters. The summed E-state index contributed by atoms with van der Waals surface area (Å²) in [7, 11) is 1.44. The van der Waals surface area contributed by atoms with E-state index in [2.05, 4.69) is 4.98 Å². The molecule has 1 aromatic carbocycles. The van der Waals surface area contributed by atoms with Crippen molar-refractivity contribution in [3.63, 3.8) is 0 Å². The first-order chi connectivity index (χ1) is 9.45. The van der Waals surface area contributed by atoms with Gasteiger partial charge in [-0.15, -0.1) is 0 Å². The summed E-state index contributed by atoms with van der Waals surface area (Å²) in [5.41, 5.74) is 0.415. The van der Waals surface area contributed by atoms with Gasteiger partial charge in [-0.1, -0.05) is 34.8 Å². The van der Waals surface area contributed by atoms with Crippen LogP contribution in [0, 0.1) is 0 Å². The van der Waals surface area contributed by atoms with Crippen molar-refractivity contribution < 1.29 is 14.6 Å². The number of carboxylic acids is 1. The Hall–Kier alpha value is -1.49. The molecule has 0 fully saturated rings. The molecule has 0 radical (unpaired) electrons. The SMILES string of the molecule is COc1ccc(C(=O)O)nc1-c1c(Cl)ccc(Cl)c1Cl. The van der Waals surface area contributed by atoms with Gasteiger partial charge in [-0.05, 0) is 24.3 Å². The van der Waals surface area contributed by atoms with Crippen LogP contribution in [0.4, 0.5) is 0 Å². The minimum atomic E-state index is -1.16. The molecule has 0 bridgehead atoms. The highest BCUT2D eigenvalue weighted by Gasteiger charge is 2.19. The number of rotatable bonds is 3. The summed E-state index contributed by atoms with van der Waals surface area (Å²) in [6.07, 6.45) is 0. The van der Waals surface area contributed by atoms with E-state index in [4.69, 9.17) is 44.6 Å². The fourth-order valence-corrected chi connectivity index (χ4v) is 2.36. The molecule has 0 aliphatic carbocycles. The first-order valence-corrected chi connectivity index (χ1v) is 6.51.